The van der Waals surface area contributed by atoms with Gasteiger partial charge in [0, 0.05) is 10.8 Å². The molecule has 4 rings (SSSR count). The third-order valence-electron chi connectivity index (χ3n) is 4.51. The van der Waals surface area contributed by atoms with E-state index in [4.69, 9.17) is 17.4 Å². The molecule has 4 N–H and O–H groups in total. The van der Waals surface area contributed by atoms with Gasteiger partial charge < -0.3 is 5.84 Å². The number of rotatable bonds is 10. The van der Waals surface area contributed by atoms with Gasteiger partial charge in [-0.15, -0.1) is 20.4 Å². The lowest BCUT2D eigenvalue weighted by molar-refractivity contribution is -0.113. The van der Waals surface area contributed by atoms with Crippen LogP contribution in [0.15, 0.2) is 63.1 Å². The first-order chi connectivity index (χ1) is 17.4. The molecule has 0 fully saturated rings. The monoisotopic (exact) mass is 563 g/mol. The highest BCUT2D eigenvalue weighted by Gasteiger charge is 2.14. The number of nitrogens with one attached hydrogen (secondary N) is 2. The maximum absolute atomic E-state index is 13.1. The van der Waals surface area contributed by atoms with Crippen LogP contribution in [-0.4, -0.2) is 42.4 Å². The van der Waals surface area contributed by atoms with Gasteiger partial charge in [0.25, 0.3) is 5.95 Å². The molecule has 0 aliphatic rings. The van der Waals surface area contributed by atoms with Crippen LogP contribution in [0, 0.1) is 5.82 Å². The van der Waals surface area contributed by atoms with Gasteiger partial charge in [-0.1, -0.05) is 70.7 Å². The lowest BCUT2D eigenvalue weighted by atomic mass is 10.1. The summed E-state index contributed by atoms with van der Waals surface area (Å²) in [7, 11) is 0. The molecule has 0 saturated heterocycles. The number of nitrogens with zero attached hydrogens (tertiary/aromatic N) is 6. The minimum absolute atomic E-state index is 0.0417. The molecule has 2 aromatic carbocycles. The Hall–Kier alpha value is -3.20. The fourth-order valence-corrected chi connectivity index (χ4v) is 5.18. The Balaban J connectivity index is 1.25. The first-order valence-electron chi connectivity index (χ1n) is 10.3. The van der Waals surface area contributed by atoms with Crippen LogP contribution >= 0.6 is 46.5 Å². The van der Waals surface area contributed by atoms with Crippen LogP contribution in [0.25, 0.3) is 0 Å². The SMILES string of the molecule is C/C(=N\Nc1nnc(SCC(=O)Nc2nnc(SCc3ccc(Cl)cc3)s2)n1N)c1ccc(F)cc1. The lowest BCUT2D eigenvalue weighted by Gasteiger charge is -2.04. The number of carbonyl (C=O) groups is 1. The average molecular weight is 564 g/mol. The predicted octanol–water partition coefficient (Wildman–Crippen LogP) is 4.50. The van der Waals surface area contributed by atoms with Crippen LogP contribution < -0.4 is 16.6 Å². The highest BCUT2D eigenvalue weighted by Crippen LogP contribution is 2.29. The molecular weight excluding hydrogens is 545 g/mol. The fraction of sp³-hybridized carbons (Fsp3) is 0.143. The maximum atomic E-state index is 13.1. The van der Waals surface area contributed by atoms with Crippen molar-refractivity contribution in [3.63, 3.8) is 0 Å². The molecule has 15 heteroatoms. The first-order valence-corrected chi connectivity index (χ1v) is 13.4. The molecule has 0 spiro atoms. The number of hydrogen-bond donors (Lipinski definition) is 3. The zero-order valence-corrected chi connectivity index (χ0v) is 21.9. The van der Waals surface area contributed by atoms with Gasteiger partial charge in [-0.2, -0.15) is 5.10 Å². The van der Waals surface area contributed by atoms with Gasteiger partial charge in [0.2, 0.25) is 16.2 Å². The second-order valence-corrected chi connectivity index (χ2v) is 10.7. The smallest absolute Gasteiger partial charge is 0.264 e. The summed E-state index contributed by atoms with van der Waals surface area (Å²) in [5.74, 6) is 6.34. The molecule has 0 aliphatic heterocycles. The molecule has 2 aromatic heterocycles. The summed E-state index contributed by atoms with van der Waals surface area (Å²) < 4.78 is 15.0. The Labute approximate surface area is 222 Å². The van der Waals surface area contributed by atoms with Crippen LogP contribution in [0.5, 0.6) is 0 Å². The van der Waals surface area contributed by atoms with Gasteiger partial charge in [-0.3, -0.25) is 10.1 Å². The topological polar surface area (TPSA) is 136 Å². The molecular formula is C21H19ClFN9OS3. The van der Waals surface area contributed by atoms with Crippen molar-refractivity contribution in [3.05, 3.63) is 70.5 Å². The Kier molecular flexibility index (Phi) is 8.74. The highest BCUT2D eigenvalue weighted by atomic mass is 35.5. The minimum Gasteiger partial charge on any atom is -0.334 e. The zero-order chi connectivity index (χ0) is 25.5. The predicted molar refractivity (Wildman–Crippen MR) is 143 cm³/mol. The molecule has 1 amide bonds. The van der Waals surface area contributed by atoms with Crippen molar-refractivity contribution in [1.82, 2.24) is 25.1 Å². The van der Waals surface area contributed by atoms with Crippen molar-refractivity contribution >= 4 is 69.2 Å². The number of amides is 1. The van der Waals surface area contributed by atoms with E-state index in [2.05, 4.69) is 36.2 Å². The number of hydrogen-bond acceptors (Lipinski definition) is 11. The zero-order valence-electron chi connectivity index (χ0n) is 18.7. The van der Waals surface area contributed by atoms with Crippen LogP contribution in [0.1, 0.15) is 18.1 Å². The molecule has 36 heavy (non-hydrogen) atoms. The summed E-state index contributed by atoms with van der Waals surface area (Å²) >= 11 is 9.82. The molecule has 0 radical (unpaired) electrons. The van der Waals surface area contributed by atoms with Crippen LogP contribution in [-0.2, 0) is 10.5 Å². The van der Waals surface area contributed by atoms with Crippen LogP contribution in [0.3, 0.4) is 0 Å². The second-order valence-electron chi connectivity index (χ2n) is 7.12. The van der Waals surface area contributed by atoms with E-state index in [9.17, 15) is 9.18 Å². The van der Waals surface area contributed by atoms with E-state index < -0.39 is 0 Å². The van der Waals surface area contributed by atoms with Crippen molar-refractivity contribution in [2.75, 3.05) is 22.3 Å². The summed E-state index contributed by atoms with van der Waals surface area (Å²) in [4.78, 5) is 12.3. The molecule has 10 nitrogen and oxygen atoms in total. The Bertz CT molecular complexity index is 1360. The summed E-state index contributed by atoms with van der Waals surface area (Å²) in [5, 5.41) is 24.3. The maximum Gasteiger partial charge on any atom is 0.264 e. The number of benzene rings is 2. The van der Waals surface area contributed by atoms with Gasteiger partial charge in [-0.25, -0.2) is 14.5 Å². The van der Waals surface area contributed by atoms with Crippen molar-refractivity contribution in [2.45, 2.75) is 22.2 Å². The average Bonchev–Trinajstić information content (AvgIpc) is 3.47. The minimum atomic E-state index is -0.327. The van der Waals surface area contributed by atoms with Crippen LogP contribution in [0.4, 0.5) is 15.5 Å². The number of hydrazone groups is 1. The van der Waals surface area contributed by atoms with E-state index in [0.29, 0.717) is 26.8 Å². The van der Waals surface area contributed by atoms with Crippen molar-refractivity contribution in [3.8, 4) is 0 Å². The quantitative estimate of drug-likeness (QED) is 0.0837. The fourth-order valence-electron chi connectivity index (χ4n) is 2.67. The first kappa shape index (κ1) is 25.9. The van der Waals surface area contributed by atoms with Gasteiger partial charge in [0.05, 0.1) is 11.5 Å². The Morgan fingerprint density at radius 1 is 1.11 bits per heavy atom. The Morgan fingerprint density at radius 3 is 2.61 bits per heavy atom. The largest absolute Gasteiger partial charge is 0.334 e. The van der Waals surface area contributed by atoms with Gasteiger partial charge in [0.1, 0.15) is 5.82 Å². The van der Waals surface area contributed by atoms with Crippen molar-refractivity contribution in [1.29, 1.82) is 0 Å². The van der Waals surface area contributed by atoms with Crippen LogP contribution in [0.2, 0.25) is 5.02 Å². The number of carbonyl (C=O) groups excluding carboxylic acids is 1. The molecule has 0 atom stereocenters. The van der Waals surface area contributed by atoms with E-state index >= 15 is 0 Å². The van der Waals surface area contributed by atoms with Gasteiger partial charge in [0.15, 0.2) is 4.34 Å². The lowest BCUT2D eigenvalue weighted by Crippen LogP contribution is -2.17. The third kappa shape index (κ3) is 7.16. The summed E-state index contributed by atoms with van der Waals surface area (Å²) in [6, 6.07) is 13.5. The second kappa shape index (κ2) is 12.2. The van der Waals surface area contributed by atoms with E-state index in [1.165, 1.54) is 39.9 Å². The number of aromatic nitrogens is 5. The normalized spacial score (nSPS) is 11.5. The molecule has 0 unspecified atom stereocenters. The van der Waals surface area contributed by atoms with Crippen molar-refractivity contribution in [2.24, 2.45) is 5.10 Å². The molecule has 0 saturated carbocycles. The number of thioether (sulfide) groups is 2. The highest BCUT2D eigenvalue weighted by molar-refractivity contribution is 8.00. The number of halogens is 2. The van der Waals surface area contributed by atoms with Crippen molar-refractivity contribution < 1.29 is 9.18 Å². The van der Waals surface area contributed by atoms with E-state index in [0.717, 1.165) is 27.2 Å². The van der Waals surface area contributed by atoms with E-state index in [1.807, 2.05) is 24.3 Å². The third-order valence-corrected chi connectivity index (χ3v) is 7.75. The summed E-state index contributed by atoms with van der Waals surface area (Å²) in [6.07, 6.45) is 0. The van der Waals surface area contributed by atoms with E-state index in [1.54, 1.807) is 19.1 Å². The molecule has 2 heterocycles. The van der Waals surface area contributed by atoms with E-state index in [-0.39, 0.29) is 23.4 Å². The molecule has 186 valence electrons. The van der Waals surface area contributed by atoms with Gasteiger partial charge >= 0.3 is 0 Å². The number of anilines is 2. The molecule has 0 bridgehead atoms. The Morgan fingerprint density at radius 2 is 1.86 bits per heavy atom. The summed E-state index contributed by atoms with van der Waals surface area (Å²) in [5.41, 5.74) is 5.17. The van der Waals surface area contributed by atoms with Gasteiger partial charge in [-0.05, 0) is 42.3 Å². The standard InChI is InChI=1S/C21H19ClFN9OS3/c1-12(14-4-8-16(23)9-5-14)26-27-18-28-30-20(32(18)24)34-11-17(33)25-19-29-31-21(36-19)35-10-13-2-6-15(22)7-3-13/h2-9H,10-11,24H2,1H3,(H,27,28)(H,25,29,33)/b26-12+. The number of nitrogen functional groups attached to an aromatic ring is 1. The molecule has 0 aliphatic carbocycles. The summed E-state index contributed by atoms with van der Waals surface area (Å²) in [6.45, 7) is 1.76. The molecule has 4 aromatic rings. The number of nitrogens with two attached hydrogens (primary N) is 1.